The molecule has 8 heteroatoms. The summed E-state index contributed by atoms with van der Waals surface area (Å²) in [5, 5.41) is 3.19. The van der Waals surface area contributed by atoms with Crippen LogP contribution >= 0.6 is 24.8 Å². The molecule has 1 aromatic rings. The minimum Gasteiger partial charge on any atom is -0.544 e. The summed E-state index contributed by atoms with van der Waals surface area (Å²) < 4.78 is 32.8. The van der Waals surface area contributed by atoms with Gasteiger partial charge in [0.2, 0.25) is 8.32 Å². The number of alkyl halides is 2. The molecule has 0 spiro atoms. The molecule has 1 fully saturated rings. The van der Waals surface area contributed by atoms with Gasteiger partial charge in [0, 0.05) is 26.2 Å². The molecule has 0 unspecified atom stereocenters. The predicted octanol–water partition coefficient (Wildman–Crippen LogP) is 3.96. The van der Waals surface area contributed by atoms with E-state index in [2.05, 4.69) is 25.0 Å². The highest BCUT2D eigenvalue weighted by Crippen LogP contribution is 2.29. The number of piperazine rings is 1. The molecule has 1 heterocycles. The summed E-state index contributed by atoms with van der Waals surface area (Å²) >= 11 is 0. The summed E-state index contributed by atoms with van der Waals surface area (Å²) in [5.41, 5.74) is 0.662. The van der Waals surface area contributed by atoms with Crippen LogP contribution in [-0.2, 0) is 0 Å². The van der Waals surface area contributed by atoms with Crippen molar-refractivity contribution in [2.24, 2.45) is 0 Å². The smallest absolute Gasteiger partial charge is 0.258 e. The van der Waals surface area contributed by atoms with E-state index in [-0.39, 0.29) is 24.8 Å². The van der Waals surface area contributed by atoms with E-state index in [9.17, 15) is 8.78 Å². The van der Waals surface area contributed by atoms with Crippen LogP contribution < -0.4 is 9.74 Å². The first-order valence-corrected chi connectivity index (χ1v) is 10.8. The summed E-state index contributed by atoms with van der Waals surface area (Å²) in [4.78, 5) is 1.86. The number of halogens is 4. The van der Waals surface area contributed by atoms with Crippen LogP contribution in [0.3, 0.4) is 0 Å². The van der Waals surface area contributed by atoms with Gasteiger partial charge in [0.15, 0.2) is 0 Å². The minimum absolute atomic E-state index is 0. The van der Waals surface area contributed by atoms with Crippen molar-refractivity contribution in [2.75, 3.05) is 26.2 Å². The average Bonchev–Trinajstić information content (AvgIpc) is 2.40. The van der Waals surface area contributed by atoms with Crippen molar-refractivity contribution >= 4 is 33.1 Å². The highest BCUT2D eigenvalue weighted by molar-refractivity contribution is 6.70. The second kappa shape index (κ2) is 9.79. The molecule has 2 rings (SSSR count). The second-order valence-electron chi connectivity index (χ2n) is 6.35. The van der Waals surface area contributed by atoms with Gasteiger partial charge in [0.1, 0.15) is 5.75 Å². The molecular weight excluding hydrogens is 361 g/mol. The van der Waals surface area contributed by atoms with E-state index >= 15 is 0 Å². The number of hydrogen-bond donors (Lipinski definition) is 1. The van der Waals surface area contributed by atoms with E-state index in [4.69, 9.17) is 4.43 Å². The molecule has 1 atom stereocenters. The summed E-state index contributed by atoms with van der Waals surface area (Å²) in [6, 6.07) is 6.34. The van der Waals surface area contributed by atoms with Gasteiger partial charge >= 0.3 is 0 Å². The second-order valence-corrected chi connectivity index (χ2v) is 10.8. The monoisotopic (exact) mass is 386 g/mol. The largest absolute Gasteiger partial charge is 0.544 e. The standard InChI is InChI=1S/C15H24F2N2OSi.2ClH/c1-21(2,3)20-13-6-4-12(5-7-13)14(15(16)17)19-10-8-18-9-11-19;;/h4-7,14-15,18H,8-11H2,1-3H3;2*1H/t14-;;/m1../s1. The third-order valence-electron chi connectivity index (χ3n) is 3.43. The zero-order valence-electron chi connectivity index (χ0n) is 13.7. The van der Waals surface area contributed by atoms with Crippen molar-refractivity contribution in [1.29, 1.82) is 0 Å². The maximum absolute atomic E-state index is 13.5. The van der Waals surface area contributed by atoms with Crippen LogP contribution in [0.1, 0.15) is 11.6 Å². The predicted molar refractivity (Wildman–Crippen MR) is 98.1 cm³/mol. The first-order chi connectivity index (χ1) is 9.87. The highest BCUT2D eigenvalue weighted by atomic mass is 35.5. The summed E-state index contributed by atoms with van der Waals surface area (Å²) in [5.74, 6) is 0.770. The van der Waals surface area contributed by atoms with Gasteiger partial charge in [-0.15, -0.1) is 24.8 Å². The minimum atomic E-state index is -2.38. The number of nitrogens with one attached hydrogen (secondary N) is 1. The van der Waals surface area contributed by atoms with Crippen molar-refractivity contribution in [3.63, 3.8) is 0 Å². The average molecular weight is 387 g/mol. The maximum atomic E-state index is 13.5. The van der Waals surface area contributed by atoms with Crippen molar-refractivity contribution in [3.05, 3.63) is 29.8 Å². The molecule has 0 amide bonds. The van der Waals surface area contributed by atoms with E-state index in [1.165, 1.54) is 0 Å². The molecule has 0 radical (unpaired) electrons. The lowest BCUT2D eigenvalue weighted by molar-refractivity contribution is 0.0181. The van der Waals surface area contributed by atoms with Crippen LogP contribution in [0.5, 0.6) is 5.75 Å². The van der Waals surface area contributed by atoms with Gasteiger partial charge in [-0.2, -0.15) is 0 Å². The molecule has 134 valence electrons. The lowest BCUT2D eigenvalue weighted by Gasteiger charge is -2.34. The van der Waals surface area contributed by atoms with Crippen LogP contribution in [0.25, 0.3) is 0 Å². The first-order valence-electron chi connectivity index (χ1n) is 7.39. The Morgan fingerprint density at radius 1 is 1.04 bits per heavy atom. The van der Waals surface area contributed by atoms with Crippen LogP contribution in [0, 0.1) is 0 Å². The summed E-state index contributed by atoms with van der Waals surface area (Å²) in [6.07, 6.45) is -2.38. The third kappa shape index (κ3) is 6.93. The Kier molecular flexibility index (Phi) is 9.62. The van der Waals surface area contributed by atoms with Gasteiger partial charge in [-0.25, -0.2) is 8.78 Å². The molecule has 1 aliphatic heterocycles. The Morgan fingerprint density at radius 2 is 1.57 bits per heavy atom. The Morgan fingerprint density at radius 3 is 2.00 bits per heavy atom. The number of benzene rings is 1. The fraction of sp³-hybridized carbons (Fsp3) is 0.600. The fourth-order valence-corrected chi connectivity index (χ4v) is 3.41. The molecule has 1 saturated heterocycles. The van der Waals surface area contributed by atoms with E-state index in [1.54, 1.807) is 12.1 Å². The summed E-state index contributed by atoms with van der Waals surface area (Å²) in [6.45, 7) is 9.14. The van der Waals surface area contributed by atoms with Crippen LogP contribution in [0.4, 0.5) is 8.78 Å². The van der Waals surface area contributed by atoms with E-state index in [0.717, 1.165) is 18.8 Å². The molecule has 0 aromatic heterocycles. The van der Waals surface area contributed by atoms with Gasteiger partial charge in [0.25, 0.3) is 6.43 Å². The van der Waals surface area contributed by atoms with E-state index in [0.29, 0.717) is 18.7 Å². The van der Waals surface area contributed by atoms with Crippen molar-refractivity contribution < 1.29 is 13.2 Å². The Balaban J connectivity index is 0.00000242. The maximum Gasteiger partial charge on any atom is 0.258 e. The van der Waals surface area contributed by atoms with Crippen LogP contribution in [-0.4, -0.2) is 45.8 Å². The number of hydrogen-bond acceptors (Lipinski definition) is 3. The van der Waals surface area contributed by atoms with E-state index < -0.39 is 20.8 Å². The quantitative estimate of drug-likeness (QED) is 0.775. The molecule has 1 N–H and O–H groups in total. The Bertz CT molecular complexity index is 452. The van der Waals surface area contributed by atoms with Crippen molar-refractivity contribution in [3.8, 4) is 5.75 Å². The lowest BCUT2D eigenvalue weighted by atomic mass is 10.0. The zero-order chi connectivity index (χ0) is 15.5. The third-order valence-corrected chi connectivity index (χ3v) is 4.28. The highest BCUT2D eigenvalue weighted by Gasteiger charge is 2.30. The first kappa shape index (κ1) is 22.6. The van der Waals surface area contributed by atoms with Gasteiger partial charge in [-0.05, 0) is 37.3 Å². The zero-order valence-corrected chi connectivity index (χ0v) is 16.4. The molecule has 23 heavy (non-hydrogen) atoms. The molecule has 3 nitrogen and oxygen atoms in total. The molecule has 0 bridgehead atoms. The molecular formula is C15H26Cl2F2N2OSi. The Hall–Kier alpha value is -0.403. The van der Waals surface area contributed by atoms with E-state index in [1.807, 2.05) is 17.0 Å². The Labute approximate surface area is 150 Å². The van der Waals surface area contributed by atoms with Crippen LogP contribution in [0.2, 0.25) is 19.6 Å². The van der Waals surface area contributed by atoms with Crippen molar-refractivity contribution in [2.45, 2.75) is 32.1 Å². The van der Waals surface area contributed by atoms with Gasteiger partial charge in [-0.3, -0.25) is 4.90 Å². The van der Waals surface area contributed by atoms with Crippen molar-refractivity contribution in [1.82, 2.24) is 10.2 Å². The van der Waals surface area contributed by atoms with Gasteiger partial charge in [0.05, 0.1) is 6.04 Å². The molecule has 1 aromatic carbocycles. The van der Waals surface area contributed by atoms with Gasteiger partial charge in [-0.1, -0.05) is 12.1 Å². The lowest BCUT2D eigenvalue weighted by Crippen LogP contribution is -2.46. The van der Waals surface area contributed by atoms with Crippen LogP contribution in [0.15, 0.2) is 24.3 Å². The van der Waals surface area contributed by atoms with Gasteiger partial charge < -0.3 is 9.74 Å². The fourth-order valence-electron chi connectivity index (χ4n) is 2.56. The topological polar surface area (TPSA) is 24.5 Å². The SMILES string of the molecule is C[Si](C)(C)Oc1ccc([C@H](C(F)F)N2CCNCC2)cc1.Cl.Cl. The molecule has 1 aliphatic rings. The molecule has 0 saturated carbocycles. The number of rotatable bonds is 5. The molecule has 0 aliphatic carbocycles. The normalized spacial score (nSPS) is 17.1. The number of nitrogens with zero attached hydrogens (tertiary/aromatic N) is 1. The summed E-state index contributed by atoms with van der Waals surface area (Å²) in [7, 11) is -1.66.